The fraction of sp³-hybridized carbons (Fsp3) is 0.190. The lowest BCUT2D eigenvalue weighted by atomic mass is 10.1. The molecule has 2 rings (SSSR count). The van der Waals surface area contributed by atoms with Crippen LogP contribution in [0.1, 0.15) is 29.8 Å². The molecule has 0 fully saturated rings. The topological polar surface area (TPSA) is 96.7 Å². The zero-order valence-electron chi connectivity index (χ0n) is 15.5. The summed E-state index contributed by atoms with van der Waals surface area (Å²) in [6.45, 7) is 2.36. The van der Waals surface area contributed by atoms with Crippen LogP contribution in [0, 0.1) is 5.41 Å². The van der Waals surface area contributed by atoms with E-state index in [1.54, 1.807) is 24.3 Å². The van der Waals surface area contributed by atoms with Crippen molar-refractivity contribution in [3.05, 3.63) is 75.5 Å². The third-order valence-electron chi connectivity index (χ3n) is 3.75. The van der Waals surface area contributed by atoms with Gasteiger partial charge < -0.3 is 20.0 Å². The molecule has 0 aromatic heterocycles. The van der Waals surface area contributed by atoms with Gasteiger partial charge in [-0.25, -0.2) is 4.79 Å². The summed E-state index contributed by atoms with van der Waals surface area (Å²) in [4.78, 5) is 23.9. The van der Waals surface area contributed by atoms with Crippen molar-refractivity contribution in [2.75, 3.05) is 6.61 Å². The quantitative estimate of drug-likeness (QED) is 0.267. The van der Waals surface area contributed by atoms with E-state index >= 15 is 0 Å². The molecule has 0 saturated heterocycles. The molecule has 28 heavy (non-hydrogen) atoms. The number of para-hydroxylation sites is 1. The monoisotopic (exact) mass is 445 g/mol. The third kappa shape index (κ3) is 5.79. The van der Waals surface area contributed by atoms with Crippen LogP contribution in [0.15, 0.2) is 64.3 Å². The van der Waals surface area contributed by atoms with Crippen LogP contribution in [0.5, 0.6) is 5.75 Å². The maximum absolute atomic E-state index is 12.4. The van der Waals surface area contributed by atoms with Crippen molar-refractivity contribution in [1.82, 2.24) is 0 Å². The Morgan fingerprint density at radius 3 is 2.46 bits per heavy atom. The number of aliphatic hydroxyl groups is 1. The molecular weight excluding hydrogens is 426 g/mol. The van der Waals surface area contributed by atoms with Gasteiger partial charge in [-0.15, -0.1) is 0 Å². The normalized spacial score (nSPS) is 11.4. The molecule has 0 heterocycles. The molecule has 0 aliphatic rings. The number of carbonyl (C=O) groups excluding carboxylic acids is 2. The van der Waals surface area contributed by atoms with Crippen molar-refractivity contribution in [2.24, 2.45) is 0 Å². The van der Waals surface area contributed by atoms with E-state index in [2.05, 4.69) is 15.9 Å². The second-order valence-electron chi connectivity index (χ2n) is 5.99. The van der Waals surface area contributed by atoms with E-state index in [0.717, 1.165) is 10.0 Å². The minimum Gasteiger partial charge on any atom is -0.508 e. The number of hydrogen-bond acceptors (Lipinski definition) is 6. The molecule has 2 aromatic rings. The number of carbonyl (C=O) groups is 2. The van der Waals surface area contributed by atoms with Crippen molar-refractivity contribution in [3.63, 3.8) is 0 Å². The van der Waals surface area contributed by atoms with Gasteiger partial charge in [-0.2, -0.15) is 0 Å². The maximum Gasteiger partial charge on any atom is 0.342 e. The molecule has 0 bridgehead atoms. The van der Waals surface area contributed by atoms with Crippen LogP contribution in [-0.4, -0.2) is 29.2 Å². The number of benzene rings is 2. The second kappa shape index (κ2) is 9.85. The van der Waals surface area contributed by atoms with E-state index in [1.807, 2.05) is 24.3 Å². The lowest BCUT2D eigenvalue weighted by Gasteiger charge is -2.12. The fourth-order valence-electron chi connectivity index (χ4n) is 2.52. The highest BCUT2D eigenvalue weighted by Crippen LogP contribution is 2.21. The Morgan fingerprint density at radius 2 is 1.82 bits per heavy atom. The zero-order chi connectivity index (χ0) is 20.7. The molecular formula is C21H20BrNO5. The highest BCUT2D eigenvalue weighted by molar-refractivity contribution is 9.10. The Bertz CT molecular complexity index is 920. The summed E-state index contributed by atoms with van der Waals surface area (Å²) in [5, 5.41) is 17.5. The number of nitrogens with one attached hydrogen (secondary N) is 1. The molecule has 0 unspecified atom stereocenters. The SMILES string of the molecule is CC(=N)/C(C(C)=O)=C(/O)COC(=O)c1ccccc1OCc1cccc(Br)c1. The Kier molecular flexibility index (Phi) is 7.52. The number of aliphatic hydroxyl groups excluding tert-OH is 1. The lowest BCUT2D eigenvalue weighted by molar-refractivity contribution is -0.113. The van der Waals surface area contributed by atoms with Gasteiger partial charge in [-0.3, -0.25) is 4.79 Å². The number of rotatable bonds is 8. The van der Waals surface area contributed by atoms with Crippen molar-refractivity contribution in [2.45, 2.75) is 20.5 Å². The van der Waals surface area contributed by atoms with Crippen LogP contribution in [0.4, 0.5) is 0 Å². The molecule has 7 heteroatoms. The number of esters is 1. The van der Waals surface area contributed by atoms with Crippen molar-refractivity contribution < 1.29 is 24.2 Å². The molecule has 0 radical (unpaired) electrons. The van der Waals surface area contributed by atoms with Gasteiger partial charge in [0, 0.05) is 10.2 Å². The highest BCUT2D eigenvalue weighted by atomic mass is 79.9. The first kappa shape index (κ1) is 21.4. The van der Waals surface area contributed by atoms with E-state index in [1.165, 1.54) is 13.8 Å². The Hall–Kier alpha value is -2.93. The Balaban J connectivity index is 2.11. The molecule has 6 nitrogen and oxygen atoms in total. The van der Waals surface area contributed by atoms with Crippen LogP contribution in [0.3, 0.4) is 0 Å². The highest BCUT2D eigenvalue weighted by Gasteiger charge is 2.18. The maximum atomic E-state index is 12.4. The van der Waals surface area contributed by atoms with Gasteiger partial charge >= 0.3 is 5.97 Å². The molecule has 0 aliphatic carbocycles. The predicted octanol–water partition coefficient (Wildman–Crippen LogP) is 4.63. The van der Waals surface area contributed by atoms with Gasteiger partial charge in [0.1, 0.15) is 30.3 Å². The smallest absolute Gasteiger partial charge is 0.342 e. The van der Waals surface area contributed by atoms with E-state index < -0.39 is 24.1 Å². The van der Waals surface area contributed by atoms with Crippen molar-refractivity contribution in [1.29, 1.82) is 5.41 Å². The minimum atomic E-state index is -0.707. The average molecular weight is 446 g/mol. The summed E-state index contributed by atoms with van der Waals surface area (Å²) in [5.41, 5.74) is 0.859. The lowest BCUT2D eigenvalue weighted by Crippen LogP contribution is -2.15. The first-order valence-corrected chi connectivity index (χ1v) is 9.21. The number of ether oxygens (including phenoxy) is 2. The molecule has 146 valence electrons. The largest absolute Gasteiger partial charge is 0.508 e. The van der Waals surface area contributed by atoms with Gasteiger partial charge in [-0.1, -0.05) is 40.2 Å². The molecule has 0 amide bonds. The fourth-order valence-corrected chi connectivity index (χ4v) is 2.96. The molecule has 2 N–H and O–H groups in total. The second-order valence-corrected chi connectivity index (χ2v) is 6.91. The zero-order valence-corrected chi connectivity index (χ0v) is 17.1. The van der Waals surface area contributed by atoms with Crippen LogP contribution in [0.25, 0.3) is 0 Å². The minimum absolute atomic E-state index is 0.0983. The summed E-state index contributed by atoms with van der Waals surface area (Å²) < 4.78 is 11.8. The standard InChI is InChI=1S/C21H20BrNO5/c1-13(23)20(14(2)24)18(25)12-28-21(26)17-8-3-4-9-19(17)27-11-15-6-5-7-16(22)10-15/h3-10,23,25H,11-12H2,1-2H3/b20-18-,23-13?. The number of ketones is 1. The van der Waals surface area contributed by atoms with Crippen LogP contribution < -0.4 is 4.74 Å². The molecule has 0 atom stereocenters. The summed E-state index contributed by atoms with van der Waals surface area (Å²) in [6.07, 6.45) is 0. The van der Waals surface area contributed by atoms with E-state index in [0.29, 0.717) is 5.75 Å². The predicted molar refractivity (Wildman–Crippen MR) is 109 cm³/mol. The average Bonchev–Trinajstić information content (AvgIpc) is 2.64. The summed E-state index contributed by atoms with van der Waals surface area (Å²) in [6, 6.07) is 14.2. The third-order valence-corrected chi connectivity index (χ3v) is 4.24. The van der Waals surface area contributed by atoms with Gasteiger partial charge in [-0.05, 0) is 43.7 Å². The Morgan fingerprint density at radius 1 is 1.11 bits per heavy atom. The van der Waals surface area contributed by atoms with Gasteiger partial charge in [0.2, 0.25) is 0 Å². The summed E-state index contributed by atoms with van der Waals surface area (Å²) in [5.74, 6) is -1.30. The number of halogens is 1. The van der Waals surface area contributed by atoms with E-state index in [-0.39, 0.29) is 23.5 Å². The van der Waals surface area contributed by atoms with E-state index in [9.17, 15) is 14.7 Å². The van der Waals surface area contributed by atoms with E-state index in [4.69, 9.17) is 14.9 Å². The van der Waals surface area contributed by atoms with Crippen molar-refractivity contribution in [3.8, 4) is 5.75 Å². The van der Waals surface area contributed by atoms with Crippen LogP contribution >= 0.6 is 15.9 Å². The van der Waals surface area contributed by atoms with Crippen LogP contribution in [0.2, 0.25) is 0 Å². The van der Waals surface area contributed by atoms with Gasteiger partial charge in [0.15, 0.2) is 5.78 Å². The molecule has 2 aromatic carbocycles. The molecule has 0 saturated carbocycles. The number of allylic oxidation sites excluding steroid dienone is 1. The van der Waals surface area contributed by atoms with Crippen LogP contribution in [-0.2, 0) is 16.1 Å². The Labute approximate surface area is 171 Å². The van der Waals surface area contributed by atoms with Gasteiger partial charge in [0.05, 0.1) is 5.57 Å². The first-order chi connectivity index (χ1) is 13.3. The van der Waals surface area contributed by atoms with Crippen molar-refractivity contribution >= 4 is 33.4 Å². The summed E-state index contributed by atoms with van der Waals surface area (Å²) >= 11 is 3.40. The molecule has 0 aliphatic heterocycles. The number of hydrogen-bond donors (Lipinski definition) is 2. The number of Topliss-reactive ketones (excluding diaryl/α,β-unsaturated/α-hetero) is 1. The summed E-state index contributed by atoms with van der Waals surface area (Å²) in [7, 11) is 0. The first-order valence-electron chi connectivity index (χ1n) is 8.41. The molecule has 0 spiro atoms. The van der Waals surface area contributed by atoms with Gasteiger partial charge in [0.25, 0.3) is 0 Å².